The standard InChI is InChI=1S/C28H23F6N3O4/c1-15-24(18-8-4-11-23(40-2)25(18)31)26(38)37(27(39)36(15)13-19-20(29)9-5-10-21(19)30)14-22(35)16-6-3-7-17(12-16)41-28(32,33)34/h3-12,22H,13-14,35H2,1-2H3. The fourth-order valence-electron chi connectivity index (χ4n) is 4.41. The Labute approximate surface area is 229 Å². The number of methoxy groups -OCH3 is 1. The van der Waals surface area contributed by atoms with Gasteiger partial charge in [0.05, 0.1) is 25.8 Å². The summed E-state index contributed by atoms with van der Waals surface area (Å²) >= 11 is 0. The number of hydrogen-bond donors (Lipinski definition) is 1. The zero-order valence-corrected chi connectivity index (χ0v) is 21.6. The molecule has 1 atom stereocenters. The van der Waals surface area contributed by atoms with Crippen LogP contribution in [0.15, 0.2) is 70.3 Å². The van der Waals surface area contributed by atoms with Gasteiger partial charge in [0.15, 0.2) is 11.6 Å². The summed E-state index contributed by atoms with van der Waals surface area (Å²) in [7, 11) is 1.21. The molecule has 0 saturated carbocycles. The van der Waals surface area contributed by atoms with E-state index in [0.717, 1.165) is 34.9 Å². The highest BCUT2D eigenvalue weighted by Crippen LogP contribution is 2.30. The first-order valence-electron chi connectivity index (χ1n) is 12.0. The van der Waals surface area contributed by atoms with Crippen molar-refractivity contribution in [3.63, 3.8) is 0 Å². The highest BCUT2D eigenvalue weighted by molar-refractivity contribution is 5.67. The summed E-state index contributed by atoms with van der Waals surface area (Å²) < 4.78 is 93.0. The predicted octanol–water partition coefficient (Wildman–Crippen LogP) is 5.06. The molecule has 4 aromatic rings. The molecule has 4 rings (SSSR count). The second-order valence-electron chi connectivity index (χ2n) is 8.99. The van der Waals surface area contributed by atoms with Crippen LogP contribution in [0.25, 0.3) is 11.1 Å². The number of halogens is 6. The molecule has 0 fully saturated rings. The van der Waals surface area contributed by atoms with E-state index in [1.165, 1.54) is 44.4 Å². The van der Waals surface area contributed by atoms with Crippen LogP contribution in [0.3, 0.4) is 0 Å². The highest BCUT2D eigenvalue weighted by atomic mass is 19.4. The number of rotatable bonds is 8. The second-order valence-corrected chi connectivity index (χ2v) is 8.99. The number of nitrogens with two attached hydrogens (primary N) is 1. The van der Waals surface area contributed by atoms with Crippen LogP contribution in [-0.4, -0.2) is 22.6 Å². The lowest BCUT2D eigenvalue weighted by Gasteiger charge is -2.21. The molecule has 7 nitrogen and oxygen atoms in total. The van der Waals surface area contributed by atoms with Gasteiger partial charge in [0.1, 0.15) is 17.4 Å². The Kier molecular flexibility index (Phi) is 8.29. The van der Waals surface area contributed by atoms with Crippen LogP contribution < -0.4 is 26.5 Å². The molecule has 3 aromatic carbocycles. The third-order valence-electron chi connectivity index (χ3n) is 6.42. The fourth-order valence-corrected chi connectivity index (χ4v) is 4.41. The van der Waals surface area contributed by atoms with Gasteiger partial charge in [0.2, 0.25) is 0 Å². The van der Waals surface area contributed by atoms with E-state index in [4.69, 9.17) is 10.5 Å². The third-order valence-corrected chi connectivity index (χ3v) is 6.42. The molecule has 1 heterocycles. The molecule has 0 aliphatic heterocycles. The van der Waals surface area contributed by atoms with Gasteiger partial charge in [-0.05, 0) is 42.8 Å². The Morgan fingerprint density at radius 1 is 0.927 bits per heavy atom. The van der Waals surface area contributed by atoms with Crippen LogP contribution in [0, 0.1) is 24.4 Å². The number of alkyl halides is 3. The maximum absolute atomic E-state index is 15.3. The first-order chi connectivity index (χ1) is 19.3. The first-order valence-corrected chi connectivity index (χ1v) is 12.0. The summed E-state index contributed by atoms with van der Waals surface area (Å²) in [6, 6.07) is 10.5. The van der Waals surface area contributed by atoms with Gasteiger partial charge in [0.25, 0.3) is 5.56 Å². The molecule has 216 valence electrons. The molecule has 1 unspecified atom stereocenters. The van der Waals surface area contributed by atoms with Gasteiger partial charge >= 0.3 is 12.1 Å². The van der Waals surface area contributed by atoms with Gasteiger partial charge in [0, 0.05) is 22.9 Å². The van der Waals surface area contributed by atoms with Crippen molar-refractivity contribution >= 4 is 0 Å². The zero-order chi connectivity index (χ0) is 30.1. The van der Waals surface area contributed by atoms with Crippen LogP contribution in [0.1, 0.15) is 22.9 Å². The number of benzene rings is 3. The quantitative estimate of drug-likeness (QED) is 0.295. The van der Waals surface area contributed by atoms with Crippen molar-refractivity contribution in [3.8, 4) is 22.6 Å². The van der Waals surface area contributed by atoms with E-state index in [1.807, 2.05) is 0 Å². The summed E-state index contributed by atoms with van der Waals surface area (Å²) in [4.78, 5) is 27.3. The highest BCUT2D eigenvalue weighted by Gasteiger charge is 2.31. The topological polar surface area (TPSA) is 88.5 Å². The monoisotopic (exact) mass is 579 g/mol. The summed E-state index contributed by atoms with van der Waals surface area (Å²) in [5.74, 6) is -3.62. The normalized spacial score (nSPS) is 12.3. The minimum Gasteiger partial charge on any atom is -0.494 e. The smallest absolute Gasteiger partial charge is 0.494 e. The van der Waals surface area contributed by atoms with Crippen molar-refractivity contribution < 1.29 is 35.8 Å². The minimum absolute atomic E-state index is 0.0828. The Morgan fingerprint density at radius 3 is 2.20 bits per heavy atom. The van der Waals surface area contributed by atoms with Crippen molar-refractivity contribution in [2.45, 2.75) is 32.4 Å². The van der Waals surface area contributed by atoms with E-state index < -0.39 is 65.5 Å². The molecule has 0 bridgehead atoms. The van der Waals surface area contributed by atoms with Crippen molar-refractivity contribution in [3.05, 3.63) is 116 Å². The SMILES string of the molecule is COc1cccc(-c2c(C)n(Cc3c(F)cccc3F)c(=O)n(CC(N)c3cccc(OC(F)(F)F)c3)c2=O)c1F. The lowest BCUT2D eigenvalue weighted by atomic mass is 10.0. The predicted molar refractivity (Wildman–Crippen MR) is 137 cm³/mol. The van der Waals surface area contributed by atoms with Crippen LogP contribution in [0.5, 0.6) is 11.5 Å². The van der Waals surface area contributed by atoms with Gasteiger partial charge in [-0.1, -0.05) is 30.3 Å². The van der Waals surface area contributed by atoms with Gasteiger partial charge in [-0.25, -0.2) is 18.0 Å². The molecular weight excluding hydrogens is 556 g/mol. The Morgan fingerprint density at radius 2 is 1.56 bits per heavy atom. The Bertz CT molecular complexity index is 1690. The fraction of sp³-hybridized carbons (Fsp3) is 0.214. The summed E-state index contributed by atoms with van der Waals surface area (Å²) in [5.41, 5.74) is 3.12. The van der Waals surface area contributed by atoms with Crippen LogP contribution in [0.2, 0.25) is 0 Å². The number of ether oxygens (including phenoxy) is 2. The van der Waals surface area contributed by atoms with Gasteiger partial charge in [-0.15, -0.1) is 13.2 Å². The van der Waals surface area contributed by atoms with E-state index in [0.29, 0.717) is 4.57 Å². The van der Waals surface area contributed by atoms with Gasteiger partial charge in [-0.2, -0.15) is 0 Å². The second kappa shape index (κ2) is 11.5. The molecule has 0 aliphatic carbocycles. The zero-order valence-electron chi connectivity index (χ0n) is 21.6. The summed E-state index contributed by atoms with van der Waals surface area (Å²) in [6.07, 6.45) is -4.97. The largest absolute Gasteiger partial charge is 0.573 e. The molecule has 0 aliphatic rings. The number of nitrogens with zero attached hydrogens (tertiary/aromatic N) is 2. The van der Waals surface area contributed by atoms with Crippen LogP contribution in [-0.2, 0) is 13.1 Å². The number of hydrogen-bond acceptors (Lipinski definition) is 5. The van der Waals surface area contributed by atoms with E-state index in [2.05, 4.69) is 4.74 Å². The molecule has 13 heteroatoms. The summed E-state index contributed by atoms with van der Waals surface area (Å²) in [5, 5.41) is 0. The third kappa shape index (κ3) is 6.14. The average molecular weight is 579 g/mol. The van der Waals surface area contributed by atoms with Gasteiger partial charge < -0.3 is 15.2 Å². The maximum Gasteiger partial charge on any atom is 0.573 e. The van der Waals surface area contributed by atoms with Crippen LogP contribution in [0.4, 0.5) is 26.3 Å². The minimum atomic E-state index is -4.97. The van der Waals surface area contributed by atoms with Crippen molar-refractivity contribution in [1.29, 1.82) is 0 Å². The molecule has 1 aromatic heterocycles. The van der Waals surface area contributed by atoms with E-state index in [-0.39, 0.29) is 28.1 Å². The number of aromatic nitrogens is 2. The lowest BCUT2D eigenvalue weighted by Crippen LogP contribution is -2.44. The van der Waals surface area contributed by atoms with E-state index >= 15 is 4.39 Å². The average Bonchev–Trinajstić information content (AvgIpc) is 2.90. The summed E-state index contributed by atoms with van der Waals surface area (Å²) in [6.45, 7) is 0.0793. The van der Waals surface area contributed by atoms with E-state index in [9.17, 15) is 31.5 Å². The molecule has 0 spiro atoms. The lowest BCUT2D eigenvalue weighted by molar-refractivity contribution is -0.274. The maximum atomic E-state index is 15.3. The van der Waals surface area contributed by atoms with E-state index in [1.54, 1.807) is 0 Å². The first kappa shape index (κ1) is 29.5. The Hall–Kier alpha value is -4.52. The van der Waals surface area contributed by atoms with Crippen LogP contribution >= 0.6 is 0 Å². The molecule has 0 saturated heterocycles. The molecule has 41 heavy (non-hydrogen) atoms. The molecule has 2 N–H and O–H groups in total. The molecular formula is C28H23F6N3O4. The van der Waals surface area contributed by atoms with Crippen molar-refractivity contribution in [2.75, 3.05) is 7.11 Å². The molecule has 0 amide bonds. The van der Waals surface area contributed by atoms with Crippen molar-refractivity contribution in [1.82, 2.24) is 9.13 Å². The Balaban J connectivity index is 1.90. The van der Waals surface area contributed by atoms with Crippen molar-refractivity contribution in [2.24, 2.45) is 5.73 Å². The van der Waals surface area contributed by atoms with Gasteiger partial charge in [-0.3, -0.25) is 13.9 Å². The molecule has 0 radical (unpaired) electrons.